The monoisotopic (exact) mass is 260 g/mol. The van der Waals surface area contributed by atoms with Crippen LogP contribution in [0, 0.1) is 20.8 Å². The van der Waals surface area contributed by atoms with Gasteiger partial charge in [-0.15, -0.1) is 11.3 Å². The van der Waals surface area contributed by atoms with Gasteiger partial charge in [0.25, 0.3) is 0 Å². The molecule has 0 saturated heterocycles. The summed E-state index contributed by atoms with van der Waals surface area (Å²) in [6.45, 7) is 9.59. The predicted molar refractivity (Wildman–Crippen MR) is 78.0 cm³/mol. The molecule has 3 heteroatoms. The smallest absolute Gasteiger partial charge is 0.109 e. The van der Waals surface area contributed by atoms with Gasteiger partial charge in [0.1, 0.15) is 5.01 Å². The van der Waals surface area contributed by atoms with Gasteiger partial charge in [-0.1, -0.05) is 17.7 Å². The van der Waals surface area contributed by atoms with Crippen molar-refractivity contribution in [2.75, 3.05) is 0 Å². The lowest BCUT2D eigenvalue weighted by molar-refractivity contribution is 0.569. The molecule has 2 nitrogen and oxygen atoms in total. The van der Waals surface area contributed by atoms with E-state index in [-0.39, 0.29) is 0 Å². The largest absolute Gasteiger partial charge is 0.304 e. The van der Waals surface area contributed by atoms with Gasteiger partial charge in [-0.05, 0) is 44.4 Å². The van der Waals surface area contributed by atoms with E-state index in [4.69, 9.17) is 0 Å². The number of rotatable bonds is 4. The molecule has 1 atom stereocenters. The normalized spacial score (nSPS) is 12.7. The van der Waals surface area contributed by atoms with Crippen molar-refractivity contribution < 1.29 is 0 Å². The van der Waals surface area contributed by atoms with Gasteiger partial charge in [0, 0.05) is 18.1 Å². The molecule has 18 heavy (non-hydrogen) atoms. The second-order valence-corrected chi connectivity index (χ2v) is 5.78. The van der Waals surface area contributed by atoms with Crippen LogP contribution in [0.2, 0.25) is 0 Å². The Balaban J connectivity index is 2.07. The van der Waals surface area contributed by atoms with Crippen molar-refractivity contribution in [3.63, 3.8) is 0 Å². The van der Waals surface area contributed by atoms with Crippen LogP contribution >= 0.6 is 11.3 Å². The van der Waals surface area contributed by atoms with E-state index in [1.165, 1.54) is 22.3 Å². The highest BCUT2D eigenvalue weighted by Gasteiger charge is 2.09. The number of hydrogen-bond acceptors (Lipinski definition) is 3. The summed E-state index contributed by atoms with van der Waals surface area (Å²) in [6.07, 6.45) is 1.86. The Bertz CT molecular complexity index is 494. The SMILES string of the molecule is Cc1cc(C)c(CNC(C)c2nccs2)c(C)c1. The molecule has 0 saturated carbocycles. The number of thiazole rings is 1. The summed E-state index contributed by atoms with van der Waals surface area (Å²) in [7, 11) is 0. The fourth-order valence-electron chi connectivity index (χ4n) is 2.28. The van der Waals surface area contributed by atoms with Crippen LogP contribution in [-0.4, -0.2) is 4.98 Å². The molecule has 1 heterocycles. The molecule has 0 amide bonds. The summed E-state index contributed by atoms with van der Waals surface area (Å²) in [4.78, 5) is 4.34. The Morgan fingerprint density at radius 3 is 2.44 bits per heavy atom. The van der Waals surface area contributed by atoms with Gasteiger partial charge in [0.2, 0.25) is 0 Å². The van der Waals surface area contributed by atoms with Crippen LogP contribution in [0.25, 0.3) is 0 Å². The molecule has 0 radical (unpaired) electrons. The number of aromatic nitrogens is 1. The molecule has 0 aliphatic carbocycles. The lowest BCUT2D eigenvalue weighted by Crippen LogP contribution is -2.19. The first-order valence-electron chi connectivity index (χ1n) is 6.27. The third kappa shape index (κ3) is 2.98. The second kappa shape index (κ2) is 5.63. The maximum Gasteiger partial charge on any atom is 0.109 e. The molecular weight excluding hydrogens is 240 g/mol. The van der Waals surface area contributed by atoms with E-state index in [2.05, 4.69) is 50.1 Å². The highest BCUT2D eigenvalue weighted by Crippen LogP contribution is 2.19. The van der Waals surface area contributed by atoms with Crippen LogP contribution in [0.15, 0.2) is 23.7 Å². The number of aryl methyl sites for hydroxylation is 3. The van der Waals surface area contributed by atoms with Gasteiger partial charge in [-0.25, -0.2) is 4.98 Å². The quantitative estimate of drug-likeness (QED) is 0.901. The van der Waals surface area contributed by atoms with Crippen LogP contribution < -0.4 is 5.32 Å². The first-order valence-corrected chi connectivity index (χ1v) is 7.15. The van der Waals surface area contributed by atoms with E-state index in [1.54, 1.807) is 11.3 Å². The summed E-state index contributed by atoms with van der Waals surface area (Å²) in [6, 6.07) is 4.81. The Labute approximate surface area is 113 Å². The van der Waals surface area contributed by atoms with E-state index in [0.717, 1.165) is 11.6 Å². The average Bonchev–Trinajstić information content (AvgIpc) is 2.80. The topological polar surface area (TPSA) is 24.9 Å². The summed E-state index contributed by atoms with van der Waals surface area (Å²) in [5, 5.41) is 6.72. The maximum atomic E-state index is 4.34. The highest BCUT2D eigenvalue weighted by molar-refractivity contribution is 7.09. The standard InChI is InChI=1S/C15H20N2S/c1-10-7-11(2)14(12(3)8-10)9-17-13(4)15-16-5-6-18-15/h5-8,13,17H,9H2,1-4H3. The number of benzene rings is 1. The highest BCUT2D eigenvalue weighted by atomic mass is 32.1. The molecule has 96 valence electrons. The van der Waals surface area contributed by atoms with Crippen molar-refractivity contribution in [2.24, 2.45) is 0 Å². The van der Waals surface area contributed by atoms with E-state index < -0.39 is 0 Å². The number of nitrogens with one attached hydrogen (secondary N) is 1. The summed E-state index contributed by atoms with van der Waals surface area (Å²) < 4.78 is 0. The van der Waals surface area contributed by atoms with Crippen LogP contribution in [0.4, 0.5) is 0 Å². The van der Waals surface area contributed by atoms with Gasteiger partial charge in [-0.3, -0.25) is 0 Å². The molecule has 1 aromatic carbocycles. The zero-order valence-electron chi connectivity index (χ0n) is 11.4. The molecule has 2 aromatic rings. The minimum atomic E-state index is 0.310. The fraction of sp³-hybridized carbons (Fsp3) is 0.400. The average molecular weight is 260 g/mol. The molecule has 0 bridgehead atoms. The van der Waals surface area contributed by atoms with E-state index in [9.17, 15) is 0 Å². The fourth-order valence-corrected chi connectivity index (χ4v) is 2.95. The van der Waals surface area contributed by atoms with Crippen LogP contribution in [0.3, 0.4) is 0 Å². The number of nitrogens with zero attached hydrogens (tertiary/aromatic N) is 1. The maximum absolute atomic E-state index is 4.34. The van der Waals surface area contributed by atoms with Crippen molar-refractivity contribution in [3.8, 4) is 0 Å². The van der Waals surface area contributed by atoms with E-state index in [0.29, 0.717) is 6.04 Å². The van der Waals surface area contributed by atoms with Gasteiger partial charge in [0.15, 0.2) is 0 Å². The summed E-state index contributed by atoms with van der Waals surface area (Å²) in [5.41, 5.74) is 5.48. The summed E-state index contributed by atoms with van der Waals surface area (Å²) in [5.74, 6) is 0. The molecule has 2 rings (SSSR count). The molecular formula is C15H20N2S. The second-order valence-electron chi connectivity index (χ2n) is 4.85. The molecule has 0 spiro atoms. The van der Waals surface area contributed by atoms with Gasteiger partial charge < -0.3 is 5.32 Å². The summed E-state index contributed by atoms with van der Waals surface area (Å²) >= 11 is 1.70. The molecule has 1 unspecified atom stereocenters. The zero-order chi connectivity index (χ0) is 13.1. The van der Waals surface area contributed by atoms with Crippen LogP contribution in [-0.2, 0) is 6.54 Å². The van der Waals surface area contributed by atoms with Crippen LogP contribution in [0.1, 0.15) is 40.2 Å². The molecule has 1 N–H and O–H groups in total. The van der Waals surface area contributed by atoms with Gasteiger partial charge >= 0.3 is 0 Å². The van der Waals surface area contributed by atoms with Crippen molar-refractivity contribution in [1.29, 1.82) is 0 Å². The van der Waals surface area contributed by atoms with Gasteiger partial charge in [-0.2, -0.15) is 0 Å². The minimum Gasteiger partial charge on any atom is -0.304 e. The lowest BCUT2D eigenvalue weighted by atomic mass is 10.00. The van der Waals surface area contributed by atoms with Crippen molar-refractivity contribution in [1.82, 2.24) is 10.3 Å². The Hall–Kier alpha value is -1.19. The molecule has 1 aromatic heterocycles. The third-order valence-electron chi connectivity index (χ3n) is 3.25. The molecule has 0 aliphatic rings. The third-order valence-corrected chi connectivity index (χ3v) is 4.21. The first kappa shape index (κ1) is 13.2. The predicted octanol–water partition coefficient (Wildman–Crippen LogP) is 3.92. The lowest BCUT2D eigenvalue weighted by Gasteiger charge is -2.15. The molecule has 0 aliphatic heterocycles. The minimum absolute atomic E-state index is 0.310. The zero-order valence-corrected chi connectivity index (χ0v) is 12.3. The van der Waals surface area contributed by atoms with Crippen LogP contribution in [0.5, 0.6) is 0 Å². The van der Waals surface area contributed by atoms with Crippen molar-refractivity contribution in [3.05, 3.63) is 51.0 Å². The number of hydrogen-bond donors (Lipinski definition) is 1. The van der Waals surface area contributed by atoms with E-state index >= 15 is 0 Å². The first-order chi connectivity index (χ1) is 8.58. The Morgan fingerprint density at radius 1 is 1.22 bits per heavy atom. The van der Waals surface area contributed by atoms with Gasteiger partial charge in [0.05, 0.1) is 6.04 Å². The Morgan fingerprint density at radius 2 is 1.89 bits per heavy atom. The Kier molecular flexibility index (Phi) is 4.15. The molecule has 0 fully saturated rings. The van der Waals surface area contributed by atoms with E-state index in [1.807, 2.05) is 11.6 Å². The van der Waals surface area contributed by atoms with Crippen molar-refractivity contribution in [2.45, 2.75) is 40.3 Å². The van der Waals surface area contributed by atoms with Crippen molar-refractivity contribution >= 4 is 11.3 Å².